The van der Waals surface area contributed by atoms with Gasteiger partial charge in [0.15, 0.2) is 0 Å². The van der Waals surface area contributed by atoms with Crippen LogP contribution in [0.25, 0.3) is 6.08 Å². The van der Waals surface area contributed by atoms with E-state index < -0.39 is 0 Å². The highest BCUT2D eigenvalue weighted by molar-refractivity contribution is 5.53. The number of allylic oxidation sites excluding steroid dienone is 1. The third-order valence-corrected chi connectivity index (χ3v) is 4.81. The molecule has 1 heteroatoms. The van der Waals surface area contributed by atoms with E-state index in [1.165, 1.54) is 25.7 Å². The van der Waals surface area contributed by atoms with Gasteiger partial charge < -0.3 is 0 Å². The van der Waals surface area contributed by atoms with Crippen molar-refractivity contribution in [3.8, 4) is 6.07 Å². The molecule has 0 unspecified atom stereocenters. The average molecular weight is 328 g/mol. The molecule has 0 aliphatic heterocycles. The summed E-state index contributed by atoms with van der Waals surface area (Å²) in [5.74, 6) is 1.72. The molecule has 0 amide bonds. The van der Waals surface area contributed by atoms with E-state index in [0.29, 0.717) is 5.41 Å². The molecule has 1 aromatic carbocycles. The molecule has 0 saturated heterocycles. The van der Waals surface area contributed by atoms with Crippen LogP contribution in [0.5, 0.6) is 0 Å². The van der Waals surface area contributed by atoms with Crippen molar-refractivity contribution < 1.29 is 0 Å². The Hall–Kier alpha value is -1.55. The van der Waals surface area contributed by atoms with Crippen LogP contribution in [0.4, 0.5) is 0 Å². The zero-order valence-electron chi connectivity index (χ0n) is 16.9. The van der Waals surface area contributed by atoms with Crippen LogP contribution in [-0.4, -0.2) is 0 Å². The summed E-state index contributed by atoms with van der Waals surface area (Å²) < 4.78 is 0. The van der Waals surface area contributed by atoms with Gasteiger partial charge in [0.2, 0.25) is 0 Å². The van der Waals surface area contributed by atoms with Crippen molar-refractivity contribution >= 4 is 6.08 Å². The van der Waals surface area contributed by atoms with Gasteiger partial charge >= 0.3 is 0 Å². The van der Waals surface area contributed by atoms with E-state index in [4.69, 9.17) is 5.26 Å². The fourth-order valence-electron chi connectivity index (χ4n) is 3.14. The van der Waals surface area contributed by atoms with Crippen LogP contribution in [0, 0.1) is 28.6 Å². The van der Waals surface area contributed by atoms with E-state index in [9.17, 15) is 0 Å². The van der Waals surface area contributed by atoms with E-state index in [1.807, 2.05) is 45.9 Å². The first-order valence-electron chi connectivity index (χ1n) is 9.72. The molecule has 24 heavy (non-hydrogen) atoms. The summed E-state index contributed by atoms with van der Waals surface area (Å²) in [5.41, 5.74) is 2.20. The Kier molecular flexibility index (Phi) is 11.1. The zero-order valence-corrected chi connectivity index (χ0v) is 16.9. The number of hydrogen-bond donors (Lipinski definition) is 0. The minimum Gasteiger partial charge on any atom is -0.192 e. The van der Waals surface area contributed by atoms with Gasteiger partial charge in [0, 0.05) is 0 Å². The van der Waals surface area contributed by atoms with Crippen molar-refractivity contribution in [2.75, 3.05) is 0 Å². The summed E-state index contributed by atoms with van der Waals surface area (Å²) >= 11 is 0. The van der Waals surface area contributed by atoms with Gasteiger partial charge in [0.1, 0.15) is 0 Å². The van der Waals surface area contributed by atoms with E-state index in [-0.39, 0.29) is 0 Å². The Bertz CT molecular complexity index is 511. The van der Waals surface area contributed by atoms with Gasteiger partial charge in [-0.25, -0.2) is 0 Å². The molecular formula is C23H37N. The molecule has 0 heterocycles. The summed E-state index contributed by atoms with van der Waals surface area (Å²) in [6, 6.07) is 10.0. The van der Waals surface area contributed by atoms with Crippen LogP contribution in [-0.2, 0) is 0 Å². The smallest absolute Gasteiger partial charge is 0.0991 e. The van der Waals surface area contributed by atoms with Crippen molar-refractivity contribution in [1.82, 2.24) is 0 Å². The van der Waals surface area contributed by atoms with Crippen LogP contribution in [0.3, 0.4) is 0 Å². The van der Waals surface area contributed by atoms with E-state index >= 15 is 0 Å². The molecular weight excluding hydrogens is 290 g/mol. The van der Waals surface area contributed by atoms with Crippen molar-refractivity contribution in [2.45, 2.75) is 74.1 Å². The predicted molar refractivity (Wildman–Crippen MR) is 108 cm³/mol. The van der Waals surface area contributed by atoms with Gasteiger partial charge in [-0.3, -0.25) is 0 Å². The standard InChI is InChI=1S/C19H25N.2C2H6/c1-15(2)18-8-11-19(3,12-9-18)10-7-16-5-4-6-17(13-16)14-20;2*1-2/h4-7,10,13,15,18H,8-9,11-12H2,1-3H3;2*1-2H3/b10-7+;;. The molecule has 2 rings (SSSR count). The fourth-order valence-corrected chi connectivity index (χ4v) is 3.14. The van der Waals surface area contributed by atoms with Gasteiger partial charge in [-0.1, -0.05) is 72.8 Å². The second-order valence-electron chi connectivity index (χ2n) is 6.81. The molecule has 0 spiro atoms. The maximum atomic E-state index is 8.94. The average Bonchev–Trinajstić information content (AvgIpc) is 2.64. The second-order valence-corrected chi connectivity index (χ2v) is 6.81. The number of benzene rings is 1. The molecule has 0 aromatic heterocycles. The predicted octanol–water partition coefficient (Wildman–Crippen LogP) is 7.48. The molecule has 0 N–H and O–H groups in total. The lowest BCUT2D eigenvalue weighted by Gasteiger charge is -2.36. The van der Waals surface area contributed by atoms with E-state index in [0.717, 1.165) is 23.0 Å². The van der Waals surface area contributed by atoms with Crippen molar-refractivity contribution in [1.29, 1.82) is 5.26 Å². The Morgan fingerprint density at radius 3 is 2.21 bits per heavy atom. The van der Waals surface area contributed by atoms with Gasteiger partial charge in [-0.15, -0.1) is 0 Å². The van der Waals surface area contributed by atoms with Crippen molar-refractivity contribution in [3.63, 3.8) is 0 Å². The van der Waals surface area contributed by atoms with Crippen LogP contribution in [0.15, 0.2) is 30.3 Å². The first-order chi connectivity index (χ1) is 11.5. The number of nitriles is 1. The Balaban J connectivity index is 0.00000123. The summed E-state index contributed by atoms with van der Waals surface area (Å²) in [6.07, 6.45) is 9.80. The van der Waals surface area contributed by atoms with Crippen LogP contribution in [0.2, 0.25) is 0 Å². The Morgan fingerprint density at radius 1 is 1.12 bits per heavy atom. The summed E-state index contributed by atoms with van der Waals surface area (Å²) in [5, 5.41) is 8.94. The Morgan fingerprint density at radius 2 is 1.71 bits per heavy atom. The third-order valence-electron chi connectivity index (χ3n) is 4.81. The molecule has 1 saturated carbocycles. The largest absolute Gasteiger partial charge is 0.192 e. The highest BCUT2D eigenvalue weighted by Gasteiger charge is 2.29. The zero-order chi connectivity index (χ0) is 18.6. The second kappa shape index (κ2) is 11.9. The molecule has 0 bridgehead atoms. The minimum absolute atomic E-state index is 0.327. The normalized spacial score (nSPS) is 22.9. The number of nitrogens with zero attached hydrogens (tertiary/aromatic N) is 1. The van der Waals surface area contributed by atoms with Crippen LogP contribution >= 0.6 is 0 Å². The first-order valence-corrected chi connectivity index (χ1v) is 9.72. The van der Waals surface area contributed by atoms with Crippen LogP contribution < -0.4 is 0 Å². The molecule has 1 nitrogen and oxygen atoms in total. The molecule has 1 aliphatic carbocycles. The Labute approximate surface area is 150 Å². The van der Waals surface area contributed by atoms with Gasteiger partial charge in [0.25, 0.3) is 0 Å². The molecule has 0 atom stereocenters. The topological polar surface area (TPSA) is 23.8 Å². The van der Waals surface area contributed by atoms with E-state index in [1.54, 1.807) is 0 Å². The SMILES string of the molecule is CC.CC.CC(C)C1CCC(C)(/C=C/c2cccc(C#N)c2)CC1. The lowest BCUT2D eigenvalue weighted by atomic mass is 9.69. The molecule has 134 valence electrons. The quantitative estimate of drug-likeness (QED) is 0.564. The molecule has 1 fully saturated rings. The molecule has 1 aromatic rings. The van der Waals surface area contributed by atoms with Crippen LogP contribution in [0.1, 0.15) is 85.3 Å². The maximum Gasteiger partial charge on any atom is 0.0991 e. The first kappa shape index (κ1) is 22.4. The summed E-state index contributed by atoms with van der Waals surface area (Å²) in [6.45, 7) is 15.1. The maximum absolute atomic E-state index is 8.94. The van der Waals surface area contributed by atoms with Gasteiger partial charge in [0.05, 0.1) is 11.6 Å². The van der Waals surface area contributed by atoms with Crippen molar-refractivity contribution in [2.24, 2.45) is 17.3 Å². The molecule has 1 aliphatic rings. The van der Waals surface area contributed by atoms with Gasteiger partial charge in [-0.05, 0) is 60.6 Å². The van der Waals surface area contributed by atoms with E-state index in [2.05, 4.69) is 45.1 Å². The van der Waals surface area contributed by atoms with Gasteiger partial charge in [-0.2, -0.15) is 5.26 Å². The van der Waals surface area contributed by atoms with Crippen molar-refractivity contribution in [3.05, 3.63) is 41.5 Å². The third kappa shape index (κ3) is 7.35. The minimum atomic E-state index is 0.327. The monoisotopic (exact) mass is 327 g/mol. The highest BCUT2D eigenvalue weighted by atomic mass is 14.3. The number of rotatable bonds is 3. The summed E-state index contributed by atoms with van der Waals surface area (Å²) in [7, 11) is 0. The summed E-state index contributed by atoms with van der Waals surface area (Å²) in [4.78, 5) is 0. The lowest BCUT2D eigenvalue weighted by molar-refractivity contribution is 0.185. The lowest BCUT2D eigenvalue weighted by Crippen LogP contribution is -2.24. The molecule has 0 radical (unpaired) electrons. The number of hydrogen-bond acceptors (Lipinski definition) is 1. The fraction of sp³-hybridized carbons (Fsp3) is 0.609. The highest BCUT2D eigenvalue weighted by Crippen LogP contribution is 2.42.